The van der Waals surface area contributed by atoms with Gasteiger partial charge >= 0.3 is 6.09 Å². The third-order valence-electron chi connectivity index (χ3n) is 4.26. The molecule has 0 radical (unpaired) electrons. The maximum Gasteiger partial charge on any atom is 0.410 e. The van der Waals surface area contributed by atoms with Crippen molar-refractivity contribution in [2.75, 3.05) is 19.6 Å². The Labute approximate surface area is 138 Å². The molecule has 2 fully saturated rings. The van der Waals surface area contributed by atoms with Crippen LogP contribution < -0.4 is 16.4 Å². The van der Waals surface area contributed by atoms with Crippen molar-refractivity contribution in [2.45, 2.75) is 70.2 Å². The number of piperidine rings is 2. The first kappa shape index (κ1) is 18.0. The Morgan fingerprint density at radius 1 is 1.17 bits per heavy atom. The number of hydrogen-bond acceptors (Lipinski definition) is 5. The lowest BCUT2D eigenvalue weighted by molar-refractivity contribution is -0.124. The molecule has 7 nitrogen and oxygen atoms in total. The monoisotopic (exact) mass is 326 g/mol. The van der Waals surface area contributed by atoms with Crippen molar-refractivity contribution in [3.8, 4) is 0 Å². The topological polar surface area (TPSA) is 96.7 Å². The molecule has 0 aromatic rings. The Kier molecular flexibility index (Phi) is 5.86. The second-order valence-corrected chi connectivity index (χ2v) is 7.55. The van der Waals surface area contributed by atoms with Crippen molar-refractivity contribution in [2.24, 2.45) is 5.73 Å². The van der Waals surface area contributed by atoms with Crippen LogP contribution in [0.15, 0.2) is 0 Å². The number of rotatable bonds is 2. The van der Waals surface area contributed by atoms with E-state index in [-0.39, 0.29) is 30.1 Å². The number of ether oxygens (including phenoxy) is 1. The molecule has 2 aliphatic heterocycles. The highest BCUT2D eigenvalue weighted by atomic mass is 16.6. The zero-order chi connectivity index (χ0) is 17.0. The molecule has 2 atom stereocenters. The van der Waals surface area contributed by atoms with Gasteiger partial charge in [0.15, 0.2) is 0 Å². The van der Waals surface area contributed by atoms with Gasteiger partial charge < -0.3 is 26.0 Å². The Morgan fingerprint density at radius 2 is 1.83 bits per heavy atom. The van der Waals surface area contributed by atoms with Gasteiger partial charge in [-0.2, -0.15) is 0 Å². The molecule has 4 N–H and O–H groups in total. The Bertz CT molecular complexity index is 420. The van der Waals surface area contributed by atoms with Crippen LogP contribution >= 0.6 is 0 Å². The summed E-state index contributed by atoms with van der Waals surface area (Å²) in [5.74, 6) is 0.0487. The summed E-state index contributed by atoms with van der Waals surface area (Å²) in [6.45, 7) is 7.50. The number of nitrogens with two attached hydrogens (primary N) is 1. The Balaban J connectivity index is 1.72. The number of nitrogens with zero attached hydrogens (tertiary/aromatic N) is 1. The maximum atomic E-state index is 12.3. The molecule has 0 aliphatic carbocycles. The lowest BCUT2D eigenvalue weighted by Crippen LogP contribution is -2.55. The molecule has 0 spiro atoms. The second-order valence-electron chi connectivity index (χ2n) is 7.55. The van der Waals surface area contributed by atoms with Crippen LogP contribution in [-0.2, 0) is 9.53 Å². The standard InChI is InChI=1S/C16H30N4O3/c1-16(2,3)23-15(22)20-8-6-12(7-9-20)19-14(21)13-5-4-11(17)10-18-13/h11-13,18H,4-10,17H2,1-3H3,(H,19,21)/t11-,13-/m1/s1. The predicted octanol–water partition coefficient (Wildman–Crippen LogP) is 0.581. The van der Waals surface area contributed by atoms with Gasteiger partial charge in [-0.25, -0.2) is 4.79 Å². The number of nitrogens with one attached hydrogen (secondary N) is 2. The number of amides is 2. The van der Waals surface area contributed by atoms with Gasteiger partial charge in [-0.15, -0.1) is 0 Å². The molecule has 0 aromatic carbocycles. The van der Waals surface area contributed by atoms with E-state index >= 15 is 0 Å². The first-order valence-electron chi connectivity index (χ1n) is 8.52. The van der Waals surface area contributed by atoms with Crippen molar-refractivity contribution < 1.29 is 14.3 Å². The van der Waals surface area contributed by atoms with Gasteiger partial charge in [0.1, 0.15) is 5.60 Å². The fraction of sp³-hybridized carbons (Fsp3) is 0.875. The predicted molar refractivity (Wildman–Crippen MR) is 88.0 cm³/mol. The van der Waals surface area contributed by atoms with Crippen LogP contribution in [0.2, 0.25) is 0 Å². The van der Waals surface area contributed by atoms with Gasteiger partial charge in [0, 0.05) is 31.7 Å². The van der Waals surface area contributed by atoms with Crippen molar-refractivity contribution in [1.29, 1.82) is 0 Å². The fourth-order valence-electron chi connectivity index (χ4n) is 2.94. The van der Waals surface area contributed by atoms with E-state index in [1.165, 1.54) is 0 Å². The van der Waals surface area contributed by atoms with Crippen molar-refractivity contribution in [3.63, 3.8) is 0 Å². The van der Waals surface area contributed by atoms with Crippen molar-refractivity contribution >= 4 is 12.0 Å². The van der Waals surface area contributed by atoms with E-state index in [9.17, 15) is 9.59 Å². The van der Waals surface area contributed by atoms with Crippen LogP contribution in [0.1, 0.15) is 46.5 Å². The highest BCUT2D eigenvalue weighted by molar-refractivity contribution is 5.82. The summed E-state index contributed by atoms with van der Waals surface area (Å²) >= 11 is 0. The number of carbonyl (C=O) groups is 2. The molecule has 2 saturated heterocycles. The van der Waals surface area contributed by atoms with Gasteiger partial charge in [-0.05, 0) is 46.5 Å². The van der Waals surface area contributed by atoms with E-state index in [1.807, 2.05) is 20.8 Å². The van der Waals surface area contributed by atoms with Crippen LogP contribution in [0.25, 0.3) is 0 Å². The van der Waals surface area contributed by atoms with Gasteiger partial charge in [0.25, 0.3) is 0 Å². The van der Waals surface area contributed by atoms with Crippen molar-refractivity contribution in [1.82, 2.24) is 15.5 Å². The number of hydrogen-bond donors (Lipinski definition) is 3. The zero-order valence-electron chi connectivity index (χ0n) is 14.4. The molecule has 2 rings (SSSR count). The normalized spacial score (nSPS) is 26.7. The summed E-state index contributed by atoms with van der Waals surface area (Å²) in [4.78, 5) is 26.0. The smallest absolute Gasteiger partial charge is 0.410 e. The lowest BCUT2D eigenvalue weighted by Gasteiger charge is -2.35. The molecule has 0 aromatic heterocycles. The molecule has 2 aliphatic rings. The van der Waals surface area contributed by atoms with E-state index in [1.54, 1.807) is 4.90 Å². The average Bonchev–Trinajstić information content (AvgIpc) is 2.46. The molecule has 132 valence electrons. The van der Waals surface area contributed by atoms with Gasteiger partial charge in [0.05, 0.1) is 6.04 Å². The summed E-state index contributed by atoms with van der Waals surface area (Å²) in [5.41, 5.74) is 5.35. The third kappa shape index (κ3) is 5.66. The first-order valence-corrected chi connectivity index (χ1v) is 8.52. The fourth-order valence-corrected chi connectivity index (χ4v) is 2.94. The minimum atomic E-state index is -0.477. The van der Waals surface area contributed by atoms with E-state index in [2.05, 4.69) is 10.6 Å². The van der Waals surface area contributed by atoms with Crippen molar-refractivity contribution in [3.05, 3.63) is 0 Å². The molecule has 0 saturated carbocycles. The van der Waals surface area contributed by atoms with Crippen LogP contribution in [-0.4, -0.2) is 60.3 Å². The number of carbonyl (C=O) groups excluding carboxylic acids is 2. The highest BCUT2D eigenvalue weighted by Gasteiger charge is 2.30. The minimum Gasteiger partial charge on any atom is -0.444 e. The van der Waals surface area contributed by atoms with E-state index < -0.39 is 5.60 Å². The highest BCUT2D eigenvalue weighted by Crippen LogP contribution is 2.16. The Hall–Kier alpha value is -1.34. The summed E-state index contributed by atoms with van der Waals surface area (Å²) in [6, 6.07) is 0.133. The van der Waals surface area contributed by atoms with Gasteiger partial charge in [0.2, 0.25) is 5.91 Å². The van der Waals surface area contributed by atoms with Crippen LogP contribution in [0, 0.1) is 0 Å². The molecular formula is C16H30N4O3. The van der Waals surface area contributed by atoms with Crippen LogP contribution in [0.3, 0.4) is 0 Å². The van der Waals surface area contributed by atoms with Gasteiger partial charge in [-0.3, -0.25) is 4.79 Å². The number of likely N-dealkylation sites (tertiary alicyclic amines) is 1. The van der Waals surface area contributed by atoms with E-state index in [0.717, 1.165) is 25.7 Å². The quantitative estimate of drug-likeness (QED) is 0.690. The van der Waals surface area contributed by atoms with Gasteiger partial charge in [-0.1, -0.05) is 0 Å². The summed E-state index contributed by atoms with van der Waals surface area (Å²) in [5, 5.41) is 6.28. The largest absolute Gasteiger partial charge is 0.444 e. The first-order chi connectivity index (χ1) is 10.7. The minimum absolute atomic E-state index is 0.0487. The van der Waals surface area contributed by atoms with E-state index in [0.29, 0.717) is 19.6 Å². The molecule has 0 bridgehead atoms. The summed E-state index contributed by atoms with van der Waals surface area (Å²) < 4.78 is 5.38. The molecule has 23 heavy (non-hydrogen) atoms. The zero-order valence-corrected chi connectivity index (χ0v) is 14.4. The molecule has 2 amide bonds. The van der Waals surface area contributed by atoms with Crippen LogP contribution in [0.5, 0.6) is 0 Å². The average molecular weight is 326 g/mol. The summed E-state index contributed by atoms with van der Waals surface area (Å²) in [7, 11) is 0. The lowest BCUT2D eigenvalue weighted by atomic mass is 9.99. The third-order valence-corrected chi connectivity index (χ3v) is 4.26. The SMILES string of the molecule is CC(C)(C)OC(=O)N1CCC(NC(=O)[C@H]2CC[C@@H](N)CN2)CC1. The molecule has 0 unspecified atom stereocenters. The van der Waals surface area contributed by atoms with E-state index in [4.69, 9.17) is 10.5 Å². The summed E-state index contributed by atoms with van der Waals surface area (Å²) in [6.07, 6.45) is 2.91. The van der Waals surface area contributed by atoms with Crippen LogP contribution in [0.4, 0.5) is 4.79 Å². The molecular weight excluding hydrogens is 296 g/mol. The Morgan fingerprint density at radius 3 is 2.35 bits per heavy atom. The molecule has 2 heterocycles. The second kappa shape index (κ2) is 7.49. The molecule has 7 heteroatoms. The maximum absolute atomic E-state index is 12.3.